The van der Waals surface area contributed by atoms with Crippen LogP contribution in [0.4, 0.5) is 0 Å². The third-order valence-electron chi connectivity index (χ3n) is 1.07. The van der Waals surface area contributed by atoms with Crippen LogP contribution in [0.5, 0.6) is 0 Å². The molecule has 1 aliphatic heterocycles. The average Bonchev–Trinajstić information content (AvgIpc) is 1.94. The second kappa shape index (κ2) is 2.45. The highest BCUT2D eigenvalue weighted by Crippen LogP contribution is 2.00. The number of hydrogen-bond acceptors (Lipinski definition) is 3. The van der Waals surface area contributed by atoms with Gasteiger partial charge in [0.2, 0.25) is 5.78 Å². The van der Waals surface area contributed by atoms with Gasteiger partial charge in [-0.1, -0.05) is 0 Å². The monoisotopic (exact) mass is 153 g/mol. The van der Waals surface area contributed by atoms with Crippen molar-refractivity contribution in [2.24, 2.45) is 4.99 Å². The number of carbonyl (C=O) groups is 3. The number of carboxylic acids is 1. The van der Waals surface area contributed by atoms with Crippen LogP contribution in [0, 0.1) is 0 Å². The minimum absolute atomic E-state index is 0.537. The van der Waals surface area contributed by atoms with E-state index in [2.05, 4.69) is 4.99 Å². The van der Waals surface area contributed by atoms with Gasteiger partial charge in [0.15, 0.2) is 0 Å². The van der Waals surface area contributed by atoms with Crippen LogP contribution >= 0.6 is 0 Å². The topological polar surface area (TPSA) is 83.8 Å². The Labute approximate surface area is 61.0 Å². The fraction of sp³-hybridized carbons (Fsp3) is 0. The quantitative estimate of drug-likeness (QED) is 0.498. The van der Waals surface area contributed by atoms with Gasteiger partial charge in [0.25, 0.3) is 5.91 Å². The molecule has 1 amide bonds. The van der Waals surface area contributed by atoms with E-state index in [1.807, 2.05) is 0 Å². The van der Waals surface area contributed by atoms with Crippen molar-refractivity contribution in [3.05, 3.63) is 11.6 Å². The molecular formula is C6H3NO4. The Balaban J connectivity index is 3.03. The van der Waals surface area contributed by atoms with Crippen molar-refractivity contribution in [1.82, 2.24) is 0 Å². The zero-order valence-electron chi connectivity index (χ0n) is 5.27. The molecule has 1 aliphatic rings. The number of ketones is 1. The van der Waals surface area contributed by atoms with Crippen LogP contribution in [0.3, 0.4) is 0 Å². The zero-order chi connectivity index (χ0) is 8.43. The Morgan fingerprint density at radius 1 is 1.45 bits per heavy atom. The minimum atomic E-state index is -1.41. The molecule has 5 heteroatoms. The van der Waals surface area contributed by atoms with E-state index in [1.165, 1.54) is 0 Å². The Kier molecular flexibility index (Phi) is 1.63. The third kappa shape index (κ3) is 1.37. The summed E-state index contributed by atoms with van der Waals surface area (Å²) in [6.45, 7) is 0. The summed E-state index contributed by atoms with van der Waals surface area (Å²) < 4.78 is 0. The standard InChI is InChI=1S/C6H3NO4/c8-4-2-7-5(9)1-3(4)6(10)11/h1-2H,(H,10,11). The maximum atomic E-state index is 10.6. The second-order valence-electron chi connectivity index (χ2n) is 1.82. The van der Waals surface area contributed by atoms with Crippen molar-refractivity contribution in [1.29, 1.82) is 0 Å². The molecule has 0 aromatic rings. The molecule has 0 bridgehead atoms. The lowest BCUT2D eigenvalue weighted by molar-refractivity contribution is -0.134. The van der Waals surface area contributed by atoms with Gasteiger partial charge in [-0.15, -0.1) is 0 Å². The first kappa shape index (κ1) is 7.33. The molecule has 1 rings (SSSR count). The van der Waals surface area contributed by atoms with Gasteiger partial charge in [0, 0.05) is 6.08 Å². The van der Waals surface area contributed by atoms with Crippen LogP contribution in [0.2, 0.25) is 0 Å². The largest absolute Gasteiger partial charge is 0.478 e. The Hall–Kier alpha value is -1.78. The lowest BCUT2D eigenvalue weighted by Crippen LogP contribution is -2.18. The molecule has 0 unspecified atom stereocenters. The number of carbonyl (C=O) groups excluding carboxylic acids is 2. The summed E-state index contributed by atoms with van der Waals surface area (Å²) in [5.74, 6) is -2.88. The number of dihydropyridines is 1. The number of aliphatic imine (C=N–C) groups is 1. The first-order valence-electron chi connectivity index (χ1n) is 2.68. The number of aliphatic carboxylic acids is 1. The fourth-order valence-corrected chi connectivity index (χ4v) is 0.591. The lowest BCUT2D eigenvalue weighted by Gasteiger charge is -1.98. The molecule has 0 radical (unpaired) electrons. The molecule has 1 N–H and O–H groups in total. The number of rotatable bonds is 1. The Morgan fingerprint density at radius 2 is 2.09 bits per heavy atom. The van der Waals surface area contributed by atoms with Gasteiger partial charge in [-0.05, 0) is 0 Å². The minimum Gasteiger partial charge on any atom is -0.478 e. The maximum absolute atomic E-state index is 10.6. The molecular weight excluding hydrogens is 150 g/mol. The number of carboxylic acid groups (broad SMARTS) is 1. The van der Waals surface area contributed by atoms with Crippen LogP contribution < -0.4 is 0 Å². The van der Waals surface area contributed by atoms with Crippen LogP contribution in [-0.4, -0.2) is 29.0 Å². The Morgan fingerprint density at radius 3 is 2.55 bits per heavy atom. The summed E-state index contributed by atoms with van der Waals surface area (Å²) in [5, 5.41) is 8.32. The van der Waals surface area contributed by atoms with E-state index in [-0.39, 0.29) is 0 Å². The molecule has 0 spiro atoms. The molecule has 0 saturated heterocycles. The van der Waals surface area contributed by atoms with Crippen LogP contribution in [0.1, 0.15) is 0 Å². The molecule has 1 heterocycles. The number of hydrogen-bond donors (Lipinski definition) is 1. The van der Waals surface area contributed by atoms with Crippen molar-refractivity contribution < 1.29 is 19.5 Å². The molecule has 0 saturated carbocycles. The van der Waals surface area contributed by atoms with Crippen molar-refractivity contribution in [2.75, 3.05) is 0 Å². The zero-order valence-corrected chi connectivity index (χ0v) is 5.27. The van der Waals surface area contributed by atoms with E-state index in [1.54, 1.807) is 0 Å². The third-order valence-corrected chi connectivity index (χ3v) is 1.07. The summed E-state index contributed by atoms with van der Waals surface area (Å²) in [7, 11) is 0. The van der Waals surface area contributed by atoms with Gasteiger partial charge in [-0.25, -0.2) is 9.79 Å². The molecule has 0 fully saturated rings. The van der Waals surface area contributed by atoms with E-state index in [0.29, 0.717) is 12.3 Å². The van der Waals surface area contributed by atoms with Gasteiger partial charge < -0.3 is 5.11 Å². The van der Waals surface area contributed by atoms with Crippen molar-refractivity contribution in [3.63, 3.8) is 0 Å². The van der Waals surface area contributed by atoms with Crippen LogP contribution in [0.25, 0.3) is 0 Å². The van der Waals surface area contributed by atoms with Crippen molar-refractivity contribution >= 4 is 23.9 Å². The maximum Gasteiger partial charge on any atom is 0.339 e. The normalized spacial score (nSPS) is 16.5. The van der Waals surface area contributed by atoms with Crippen LogP contribution in [0.15, 0.2) is 16.6 Å². The predicted octanol–water partition coefficient (Wildman–Crippen LogP) is -0.823. The Bertz CT molecular complexity index is 300. The van der Waals surface area contributed by atoms with Gasteiger partial charge in [-0.3, -0.25) is 9.59 Å². The van der Waals surface area contributed by atoms with Gasteiger partial charge in [-0.2, -0.15) is 0 Å². The number of amides is 1. The number of nitrogens with zero attached hydrogens (tertiary/aromatic N) is 1. The summed E-state index contributed by atoms with van der Waals surface area (Å²) in [4.78, 5) is 34.4. The summed E-state index contributed by atoms with van der Waals surface area (Å²) in [6.07, 6.45) is 1.40. The average molecular weight is 153 g/mol. The summed E-state index contributed by atoms with van der Waals surface area (Å²) in [6, 6.07) is 0. The molecule has 0 aromatic heterocycles. The van der Waals surface area contributed by atoms with E-state index in [9.17, 15) is 14.4 Å². The summed E-state index contributed by atoms with van der Waals surface area (Å²) in [5.41, 5.74) is -0.537. The highest BCUT2D eigenvalue weighted by molar-refractivity contribution is 6.46. The highest BCUT2D eigenvalue weighted by atomic mass is 16.4. The first-order valence-corrected chi connectivity index (χ1v) is 2.68. The molecule has 5 nitrogen and oxygen atoms in total. The fourth-order valence-electron chi connectivity index (χ4n) is 0.591. The first-order chi connectivity index (χ1) is 5.11. The smallest absolute Gasteiger partial charge is 0.339 e. The van der Waals surface area contributed by atoms with E-state index in [4.69, 9.17) is 5.11 Å². The van der Waals surface area contributed by atoms with Gasteiger partial charge >= 0.3 is 5.97 Å². The van der Waals surface area contributed by atoms with Crippen molar-refractivity contribution in [2.45, 2.75) is 0 Å². The van der Waals surface area contributed by atoms with Gasteiger partial charge in [0.1, 0.15) is 5.57 Å². The molecule has 56 valence electrons. The molecule has 11 heavy (non-hydrogen) atoms. The number of Topliss-reactive ketones (excluding diaryl/α,β-unsaturated/α-hetero) is 1. The lowest BCUT2D eigenvalue weighted by atomic mass is 10.1. The molecule has 0 aromatic carbocycles. The molecule has 0 atom stereocenters. The molecule has 0 aliphatic carbocycles. The van der Waals surface area contributed by atoms with Crippen molar-refractivity contribution in [3.8, 4) is 0 Å². The highest BCUT2D eigenvalue weighted by Gasteiger charge is 2.20. The van der Waals surface area contributed by atoms with Gasteiger partial charge in [0.05, 0.1) is 6.21 Å². The second-order valence-corrected chi connectivity index (χ2v) is 1.82. The van der Waals surface area contributed by atoms with E-state index in [0.717, 1.165) is 0 Å². The summed E-state index contributed by atoms with van der Waals surface area (Å²) >= 11 is 0. The van der Waals surface area contributed by atoms with E-state index < -0.39 is 23.2 Å². The van der Waals surface area contributed by atoms with E-state index >= 15 is 0 Å². The van der Waals surface area contributed by atoms with Crippen LogP contribution in [-0.2, 0) is 14.4 Å². The predicted molar refractivity (Wildman–Crippen MR) is 34.2 cm³/mol. The SMILES string of the molecule is O=C1C=C(C(=O)O)C(=O)C=N1.